The van der Waals surface area contributed by atoms with Crippen LogP contribution in [0, 0.1) is 17.2 Å². The number of anilines is 1. The molecule has 106 valence electrons. The Balaban J connectivity index is 1.76. The number of nitrogens with one attached hydrogen (secondary N) is 1. The number of hydrogen-bond acceptors (Lipinski definition) is 3. The largest absolute Gasteiger partial charge is 0.369 e. The van der Waals surface area contributed by atoms with Crippen molar-refractivity contribution in [3.8, 4) is 6.07 Å². The third kappa shape index (κ3) is 4.07. The summed E-state index contributed by atoms with van der Waals surface area (Å²) in [7, 11) is 0. The first-order valence-electron chi connectivity index (χ1n) is 7.11. The molecule has 1 aromatic rings. The monoisotopic (exact) mass is 272 g/mol. The molecule has 1 N–H and O–H groups in total. The van der Waals surface area contributed by atoms with Crippen LogP contribution in [0.2, 0.25) is 0 Å². The van der Waals surface area contributed by atoms with Gasteiger partial charge in [0, 0.05) is 12.3 Å². The molecule has 1 saturated carbocycles. The van der Waals surface area contributed by atoms with Gasteiger partial charge in [-0.05, 0) is 37.5 Å². The number of nitrogens with zero attached hydrogens (tertiary/aromatic N) is 1. The molecule has 0 heterocycles. The lowest BCUT2D eigenvalue weighted by Crippen LogP contribution is -2.28. The third-order valence-electron chi connectivity index (χ3n) is 3.75. The molecule has 1 aliphatic rings. The average molecular weight is 272 g/mol. The number of benzene rings is 1. The Morgan fingerprint density at radius 3 is 3.00 bits per heavy atom. The quantitative estimate of drug-likeness (QED) is 0.865. The Morgan fingerprint density at radius 1 is 1.55 bits per heavy atom. The lowest BCUT2D eigenvalue weighted by atomic mass is 9.83. The van der Waals surface area contributed by atoms with Gasteiger partial charge in [-0.15, -0.1) is 0 Å². The highest BCUT2D eigenvalue weighted by atomic mass is 16.5. The van der Waals surface area contributed by atoms with Crippen LogP contribution in [0.3, 0.4) is 0 Å². The van der Waals surface area contributed by atoms with Crippen LogP contribution in [-0.2, 0) is 9.53 Å². The molecule has 0 radical (unpaired) electrons. The maximum atomic E-state index is 12.0. The second-order valence-corrected chi connectivity index (χ2v) is 5.28. The molecule has 1 aromatic carbocycles. The Labute approximate surface area is 119 Å². The summed E-state index contributed by atoms with van der Waals surface area (Å²) < 4.78 is 5.56. The number of carbonyl (C=O) groups is 1. The zero-order valence-corrected chi connectivity index (χ0v) is 11.8. The van der Waals surface area contributed by atoms with E-state index in [1.165, 1.54) is 19.3 Å². The molecule has 0 spiro atoms. The lowest BCUT2D eigenvalue weighted by molar-refractivity contribution is -0.126. The van der Waals surface area contributed by atoms with Gasteiger partial charge in [0.05, 0.1) is 11.6 Å². The number of rotatable bonds is 6. The van der Waals surface area contributed by atoms with E-state index in [-0.39, 0.29) is 5.91 Å². The van der Waals surface area contributed by atoms with Crippen molar-refractivity contribution in [1.82, 2.24) is 0 Å². The fourth-order valence-corrected chi connectivity index (χ4v) is 2.18. The molecule has 0 aliphatic heterocycles. The molecule has 4 heteroatoms. The van der Waals surface area contributed by atoms with Crippen molar-refractivity contribution in [3.63, 3.8) is 0 Å². The number of carbonyl (C=O) groups excluding carboxylic acids is 1. The van der Waals surface area contributed by atoms with Gasteiger partial charge in [0.15, 0.2) is 0 Å². The molecule has 0 bridgehead atoms. The Bertz CT molecular complexity index is 503. The minimum absolute atomic E-state index is 0.173. The van der Waals surface area contributed by atoms with Crippen LogP contribution in [0.15, 0.2) is 24.3 Å². The van der Waals surface area contributed by atoms with Gasteiger partial charge in [-0.2, -0.15) is 5.26 Å². The van der Waals surface area contributed by atoms with E-state index in [2.05, 4.69) is 5.32 Å². The summed E-state index contributed by atoms with van der Waals surface area (Å²) in [6.45, 7) is 2.39. The normalized spacial score (nSPS) is 16.0. The molecule has 2 rings (SSSR count). The van der Waals surface area contributed by atoms with Crippen LogP contribution in [0.1, 0.15) is 38.2 Å². The van der Waals surface area contributed by atoms with Crippen molar-refractivity contribution >= 4 is 11.6 Å². The SMILES string of the molecule is CC(OCCC1CCC1)C(=O)Nc1cccc(C#N)c1. The first-order valence-corrected chi connectivity index (χ1v) is 7.11. The zero-order chi connectivity index (χ0) is 14.4. The average Bonchev–Trinajstić information content (AvgIpc) is 2.41. The van der Waals surface area contributed by atoms with Crippen molar-refractivity contribution in [2.75, 3.05) is 11.9 Å². The van der Waals surface area contributed by atoms with Crippen molar-refractivity contribution < 1.29 is 9.53 Å². The molecule has 1 aliphatic carbocycles. The lowest BCUT2D eigenvalue weighted by Gasteiger charge is -2.25. The first kappa shape index (κ1) is 14.5. The second-order valence-electron chi connectivity index (χ2n) is 5.28. The number of nitriles is 1. The Hall–Kier alpha value is -1.86. The van der Waals surface area contributed by atoms with Crippen LogP contribution in [0.5, 0.6) is 0 Å². The minimum Gasteiger partial charge on any atom is -0.369 e. The summed E-state index contributed by atoms with van der Waals surface area (Å²) in [6, 6.07) is 8.91. The predicted octanol–water partition coefficient (Wildman–Crippen LogP) is 3.09. The summed E-state index contributed by atoms with van der Waals surface area (Å²) in [5.74, 6) is 0.617. The smallest absolute Gasteiger partial charge is 0.253 e. The molecule has 1 atom stereocenters. The van der Waals surface area contributed by atoms with Gasteiger partial charge < -0.3 is 10.1 Å². The van der Waals surface area contributed by atoms with Gasteiger partial charge in [0.25, 0.3) is 5.91 Å². The Morgan fingerprint density at radius 2 is 2.35 bits per heavy atom. The summed E-state index contributed by atoms with van der Waals surface area (Å²) >= 11 is 0. The van der Waals surface area contributed by atoms with Crippen molar-refractivity contribution in [2.24, 2.45) is 5.92 Å². The summed E-state index contributed by atoms with van der Waals surface area (Å²) in [5.41, 5.74) is 1.16. The molecule has 0 aromatic heterocycles. The number of hydrogen-bond donors (Lipinski definition) is 1. The molecule has 0 saturated heterocycles. The van der Waals surface area contributed by atoms with Gasteiger partial charge in [-0.1, -0.05) is 25.3 Å². The highest BCUT2D eigenvalue weighted by Crippen LogP contribution is 2.29. The van der Waals surface area contributed by atoms with Crippen LogP contribution in [0.4, 0.5) is 5.69 Å². The van der Waals surface area contributed by atoms with E-state index in [0.717, 1.165) is 12.3 Å². The highest BCUT2D eigenvalue weighted by Gasteiger charge is 2.19. The minimum atomic E-state index is -0.471. The van der Waals surface area contributed by atoms with E-state index in [1.807, 2.05) is 6.07 Å². The summed E-state index contributed by atoms with van der Waals surface area (Å²) in [4.78, 5) is 12.0. The fourth-order valence-electron chi connectivity index (χ4n) is 2.18. The van der Waals surface area contributed by atoms with Crippen LogP contribution >= 0.6 is 0 Å². The molecular formula is C16H20N2O2. The van der Waals surface area contributed by atoms with Gasteiger partial charge >= 0.3 is 0 Å². The molecule has 1 fully saturated rings. The van der Waals surface area contributed by atoms with Crippen LogP contribution in [-0.4, -0.2) is 18.6 Å². The molecule has 20 heavy (non-hydrogen) atoms. The molecule has 4 nitrogen and oxygen atoms in total. The Kier molecular flexibility index (Phi) is 5.14. The summed E-state index contributed by atoms with van der Waals surface area (Å²) in [5, 5.41) is 11.6. The van der Waals surface area contributed by atoms with Crippen LogP contribution in [0.25, 0.3) is 0 Å². The van der Waals surface area contributed by atoms with E-state index in [9.17, 15) is 4.79 Å². The van der Waals surface area contributed by atoms with Crippen molar-refractivity contribution in [2.45, 2.75) is 38.7 Å². The number of amides is 1. The summed E-state index contributed by atoms with van der Waals surface area (Å²) in [6.07, 6.45) is 4.49. The van der Waals surface area contributed by atoms with Crippen molar-refractivity contribution in [3.05, 3.63) is 29.8 Å². The van der Waals surface area contributed by atoms with Crippen molar-refractivity contribution in [1.29, 1.82) is 5.26 Å². The maximum Gasteiger partial charge on any atom is 0.253 e. The highest BCUT2D eigenvalue weighted by molar-refractivity contribution is 5.94. The van der Waals surface area contributed by atoms with Gasteiger partial charge in [-0.25, -0.2) is 0 Å². The third-order valence-corrected chi connectivity index (χ3v) is 3.75. The van der Waals surface area contributed by atoms with E-state index >= 15 is 0 Å². The fraction of sp³-hybridized carbons (Fsp3) is 0.500. The standard InChI is InChI=1S/C16H20N2O2/c1-12(20-9-8-13-4-2-5-13)16(19)18-15-7-3-6-14(10-15)11-17/h3,6-7,10,12-13H,2,4-5,8-9H2,1H3,(H,18,19). The van der Waals surface area contributed by atoms with Crippen LogP contribution < -0.4 is 5.32 Å². The van der Waals surface area contributed by atoms with E-state index in [4.69, 9.17) is 10.00 Å². The first-order chi connectivity index (χ1) is 9.69. The molecular weight excluding hydrogens is 252 g/mol. The number of ether oxygens (including phenoxy) is 1. The maximum absolute atomic E-state index is 12.0. The van der Waals surface area contributed by atoms with E-state index < -0.39 is 6.10 Å². The predicted molar refractivity (Wildman–Crippen MR) is 77.2 cm³/mol. The van der Waals surface area contributed by atoms with Gasteiger partial charge in [-0.3, -0.25) is 4.79 Å². The molecule has 1 amide bonds. The second kappa shape index (κ2) is 7.06. The zero-order valence-electron chi connectivity index (χ0n) is 11.8. The topological polar surface area (TPSA) is 62.1 Å². The van der Waals surface area contributed by atoms with Gasteiger partial charge in [0.1, 0.15) is 6.10 Å². The van der Waals surface area contributed by atoms with E-state index in [0.29, 0.717) is 17.9 Å². The van der Waals surface area contributed by atoms with Gasteiger partial charge in [0.2, 0.25) is 0 Å². The molecule has 1 unspecified atom stereocenters. The van der Waals surface area contributed by atoms with E-state index in [1.54, 1.807) is 31.2 Å².